The van der Waals surface area contributed by atoms with Crippen molar-refractivity contribution in [1.82, 2.24) is 0 Å². The van der Waals surface area contributed by atoms with Crippen LogP contribution in [0.15, 0.2) is 192 Å². The second-order valence-electron chi connectivity index (χ2n) is 14.6. The van der Waals surface area contributed by atoms with E-state index in [9.17, 15) is 0 Å². The van der Waals surface area contributed by atoms with Gasteiger partial charge in [-0.05, 0) is 112 Å². The molecule has 256 valence electrons. The van der Waals surface area contributed by atoms with Crippen LogP contribution >= 0.6 is 0 Å². The molecule has 54 heavy (non-hydrogen) atoms. The predicted octanol–water partition coefficient (Wildman–Crippen LogP) is 13.9. The summed E-state index contributed by atoms with van der Waals surface area (Å²) in [5.74, 6) is 0.383. The topological polar surface area (TPSA) is 19.6 Å². The van der Waals surface area contributed by atoms with E-state index >= 15 is 0 Å². The lowest BCUT2D eigenvalue weighted by molar-refractivity contribution is 0.673. The fourth-order valence-corrected chi connectivity index (χ4v) is 8.92. The maximum atomic E-state index is 6.83. The average Bonchev–Trinajstić information content (AvgIpc) is 3.76. The summed E-state index contributed by atoms with van der Waals surface area (Å²) in [6, 6.07) is 61.4. The molecule has 1 unspecified atom stereocenters. The van der Waals surface area contributed by atoms with E-state index in [4.69, 9.17) is 4.42 Å². The first-order valence-electron chi connectivity index (χ1n) is 18.8. The Hall–Kier alpha value is -6.84. The van der Waals surface area contributed by atoms with E-state index in [2.05, 4.69) is 199 Å². The molecule has 8 aromatic carbocycles. The van der Waals surface area contributed by atoms with Crippen molar-refractivity contribution < 1.29 is 4.42 Å². The lowest BCUT2D eigenvalue weighted by atomic mass is 9.86. The Kier molecular flexibility index (Phi) is 6.90. The predicted molar refractivity (Wildman–Crippen MR) is 227 cm³/mol. The smallest absolute Gasteiger partial charge is 0.143 e. The third kappa shape index (κ3) is 4.82. The number of nitrogens with zero attached hydrogens (tertiary/aromatic N) is 2. The van der Waals surface area contributed by atoms with Gasteiger partial charge in [-0.25, -0.2) is 0 Å². The number of hydrogen-bond acceptors (Lipinski definition) is 3. The first-order chi connectivity index (χ1) is 26.7. The van der Waals surface area contributed by atoms with Crippen LogP contribution in [0, 0.1) is 0 Å². The molecule has 1 aliphatic heterocycles. The SMILES string of the molecule is CN1C2=C(c3ccc4ccc5c6ccc(-c7cccc(N(c8ccccc8)c8ccc9ccccc9c8)c7)cc6oc5c4c3)C=CCC2c2ccccc21. The van der Waals surface area contributed by atoms with Gasteiger partial charge in [0.25, 0.3) is 0 Å². The molecule has 3 nitrogen and oxygen atoms in total. The second-order valence-corrected chi connectivity index (χ2v) is 14.6. The summed E-state index contributed by atoms with van der Waals surface area (Å²) < 4.78 is 6.83. The number of rotatable bonds is 5. The van der Waals surface area contributed by atoms with Crippen LogP contribution in [0.5, 0.6) is 0 Å². The highest BCUT2D eigenvalue weighted by Gasteiger charge is 2.34. The van der Waals surface area contributed by atoms with E-state index in [-0.39, 0.29) is 0 Å². The van der Waals surface area contributed by atoms with Crippen molar-refractivity contribution in [2.45, 2.75) is 12.3 Å². The zero-order valence-electron chi connectivity index (χ0n) is 29.9. The summed E-state index contributed by atoms with van der Waals surface area (Å²) in [7, 11) is 2.21. The molecule has 0 spiro atoms. The van der Waals surface area contributed by atoms with Crippen LogP contribution in [0.25, 0.3) is 60.2 Å². The Morgan fingerprint density at radius 2 is 1.26 bits per heavy atom. The molecule has 0 saturated carbocycles. The molecule has 1 atom stereocenters. The van der Waals surface area contributed by atoms with Crippen molar-refractivity contribution in [3.8, 4) is 11.1 Å². The molecule has 0 N–H and O–H groups in total. The quantitative estimate of drug-likeness (QED) is 0.179. The van der Waals surface area contributed by atoms with Gasteiger partial charge in [-0.15, -0.1) is 0 Å². The van der Waals surface area contributed by atoms with Gasteiger partial charge in [0.15, 0.2) is 0 Å². The Morgan fingerprint density at radius 1 is 0.537 bits per heavy atom. The fourth-order valence-electron chi connectivity index (χ4n) is 8.92. The first-order valence-corrected chi connectivity index (χ1v) is 18.8. The number of benzene rings is 8. The monoisotopic (exact) mass is 692 g/mol. The van der Waals surface area contributed by atoms with Crippen LogP contribution < -0.4 is 9.80 Å². The lowest BCUT2D eigenvalue weighted by Gasteiger charge is -2.26. The average molecular weight is 693 g/mol. The van der Waals surface area contributed by atoms with Gasteiger partial charge < -0.3 is 14.2 Å². The van der Waals surface area contributed by atoms with Gasteiger partial charge >= 0.3 is 0 Å². The molecule has 0 amide bonds. The summed E-state index contributed by atoms with van der Waals surface area (Å²) >= 11 is 0. The minimum atomic E-state index is 0.383. The van der Waals surface area contributed by atoms with Crippen LogP contribution in [0.1, 0.15) is 23.5 Å². The minimum Gasteiger partial charge on any atom is -0.455 e. The minimum absolute atomic E-state index is 0.383. The van der Waals surface area contributed by atoms with E-state index in [0.717, 1.165) is 61.9 Å². The van der Waals surface area contributed by atoms with Crippen molar-refractivity contribution >= 4 is 71.8 Å². The number of likely N-dealkylation sites (N-methyl/N-ethyl adjacent to an activating group) is 1. The molecule has 3 heteroatoms. The molecule has 11 rings (SSSR count). The molecule has 2 heterocycles. The molecule has 9 aromatic rings. The van der Waals surface area contributed by atoms with Gasteiger partial charge in [0, 0.05) is 63.1 Å². The van der Waals surface area contributed by atoms with Gasteiger partial charge in [0.05, 0.1) is 0 Å². The molecule has 0 saturated heterocycles. The van der Waals surface area contributed by atoms with Crippen LogP contribution in [-0.2, 0) is 0 Å². The van der Waals surface area contributed by atoms with Crippen LogP contribution in [0.4, 0.5) is 22.7 Å². The molecule has 1 aromatic heterocycles. The molecular formula is C51H36N2O. The van der Waals surface area contributed by atoms with E-state index in [1.54, 1.807) is 0 Å². The zero-order chi connectivity index (χ0) is 35.8. The molecule has 0 fully saturated rings. The van der Waals surface area contributed by atoms with E-state index in [1.807, 2.05) is 0 Å². The molecule has 0 radical (unpaired) electrons. The first kappa shape index (κ1) is 30.8. The third-order valence-corrected chi connectivity index (χ3v) is 11.5. The van der Waals surface area contributed by atoms with E-state index < -0.39 is 0 Å². The highest BCUT2D eigenvalue weighted by atomic mass is 16.3. The summed E-state index contributed by atoms with van der Waals surface area (Å²) in [5.41, 5.74) is 14.0. The summed E-state index contributed by atoms with van der Waals surface area (Å²) in [6.45, 7) is 0. The molecule has 2 aliphatic rings. The highest BCUT2D eigenvalue weighted by Crippen LogP contribution is 2.50. The van der Waals surface area contributed by atoms with Crippen LogP contribution in [0.3, 0.4) is 0 Å². The summed E-state index contributed by atoms with van der Waals surface area (Å²) in [6.07, 6.45) is 5.68. The van der Waals surface area contributed by atoms with Gasteiger partial charge in [-0.3, -0.25) is 0 Å². The number of anilines is 4. The van der Waals surface area contributed by atoms with Gasteiger partial charge in [-0.1, -0.05) is 115 Å². The Morgan fingerprint density at radius 3 is 2.19 bits per heavy atom. The van der Waals surface area contributed by atoms with Crippen molar-refractivity contribution in [3.05, 3.63) is 199 Å². The normalized spacial score (nSPS) is 15.1. The van der Waals surface area contributed by atoms with Gasteiger partial charge in [0.1, 0.15) is 11.2 Å². The maximum Gasteiger partial charge on any atom is 0.143 e. The molecule has 0 bridgehead atoms. The summed E-state index contributed by atoms with van der Waals surface area (Å²) in [4.78, 5) is 4.73. The van der Waals surface area contributed by atoms with Crippen LogP contribution in [-0.4, -0.2) is 7.05 Å². The van der Waals surface area contributed by atoms with Crippen molar-refractivity contribution in [2.24, 2.45) is 0 Å². The van der Waals surface area contributed by atoms with Crippen molar-refractivity contribution in [2.75, 3.05) is 16.8 Å². The number of hydrogen-bond donors (Lipinski definition) is 0. The van der Waals surface area contributed by atoms with E-state index in [0.29, 0.717) is 5.92 Å². The standard InChI is InChI=1S/C51H36N2O/c1-52-48-20-8-7-17-43(48)45-19-10-18-42(50(45)52)38-22-21-34-24-28-46-44-27-25-37(32-49(44)54-51(46)47(34)31-38)36-13-9-16-40(30-36)53(39-14-3-2-4-15-39)41-26-23-33-11-5-6-12-35(33)29-41/h2-18,20-32,45H,19H2,1H3. The number of para-hydroxylation sites is 2. The van der Waals surface area contributed by atoms with E-state index in [1.165, 1.54) is 44.2 Å². The maximum absolute atomic E-state index is 6.83. The fraction of sp³-hybridized carbons (Fsp3) is 0.0588. The third-order valence-electron chi connectivity index (χ3n) is 11.5. The Bertz CT molecular complexity index is 3000. The van der Waals surface area contributed by atoms with Crippen LogP contribution in [0.2, 0.25) is 0 Å². The van der Waals surface area contributed by atoms with Crippen molar-refractivity contribution in [1.29, 1.82) is 0 Å². The summed E-state index contributed by atoms with van der Waals surface area (Å²) in [5, 5.41) is 7.04. The Labute approximate surface area is 314 Å². The second kappa shape index (κ2) is 12.1. The lowest BCUT2D eigenvalue weighted by Crippen LogP contribution is -2.16. The largest absolute Gasteiger partial charge is 0.455 e. The Balaban J connectivity index is 1.01. The van der Waals surface area contributed by atoms with Gasteiger partial charge in [-0.2, -0.15) is 0 Å². The zero-order valence-corrected chi connectivity index (χ0v) is 29.9. The number of furan rings is 1. The molecular weight excluding hydrogens is 657 g/mol. The number of allylic oxidation sites excluding steroid dienone is 4. The van der Waals surface area contributed by atoms with Gasteiger partial charge in [0.2, 0.25) is 0 Å². The number of fused-ring (bicyclic) bond motifs is 9. The highest BCUT2D eigenvalue weighted by molar-refractivity contribution is 6.16. The molecule has 1 aliphatic carbocycles. The van der Waals surface area contributed by atoms with Crippen molar-refractivity contribution in [3.63, 3.8) is 0 Å².